The molecule has 1 aliphatic carbocycles. The van der Waals surface area contributed by atoms with E-state index in [2.05, 4.69) is 4.72 Å². The number of nitriles is 1. The van der Waals surface area contributed by atoms with Crippen LogP contribution in [0.3, 0.4) is 0 Å². The molecule has 1 saturated carbocycles. The molecule has 0 spiro atoms. The van der Waals surface area contributed by atoms with Crippen molar-refractivity contribution in [3.05, 3.63) is 29.6 Å². The number of hydrogen-bond acceptors (Lipinski definition) is 3. The van der Waals surface area contributed by atoms with Crippen molar-refractivity contribution in [1.29, 1.82) is 5.26 Å². The predicted octanol–water partition coefficient (Wildman–Crippen LogP) is 2.94. The van der Waals surface area contributed by atoms with Gasteiger partial charge in [-0.15, -0.1) is 0 Å². The van der Waals surface area contributed by atoms with E-state index in [1.165, 1.54) is 18.6 Å². The van der Waals surface area contributed by atoms with Crippen molar-refractivity contribution < 1.29 is 12.8 Å². The summed E-state index contributed by atoms with van der Waals surface area (Å²) in [6, 6.07) is 5.06. The van der Waals surface area contributed by atoms with Crippen molar-refractivity contribution in [2.45, 2.75) is 50.0 Å². The molecule has 1 aliphatic rings. The van der Waals surface area contributed by atoms with Gasteiger partial charge in [-0.25, -0.2) is 17.5 Å². The van der Waals surface area contributed by atoms with Gasteiger partial charge >= 0.3 is 0 Å². The molecular formula is C15H19FN2O2S. The summed E-state index contributed by atoms with van der Waals surface area (Å²) in [5, 5.41) is 8.96. The molecule has 1 aromatic rings. The van der Waals surface area contributed by atoms with Gasteiger partial charge in [0.15, 0.2) is 0 Å². The van der Waals surface area contributed by atoms with Crippen molar-refractivity contribution in [1.82, 2.24) is 4.72 Å². The van der Waals surface area contributed by atoms with Crippen LogP contribution in [-0.4, -0.2) is 14.5 Å². The zero-order valence-electron chi connectivity index (χ0n) is 12.0. The molecule has 1 aromatic carbocycles. The highest BCUT2D eigenvalue weighted by atomic mass is 32.2. The van der Waals surface area contributed by atoms with Crippen LogP contribution in [0.5, 0.6) is 0 Å². The zero-order chi connectivity index (χ0) is 15.5. The number of nitrogens with one attached hydrogen (secondary N) is 1. The minimum atomic E-state index is -3.89. The molecule has 1 unspecified atom stereocenters. The van der Waals surface area contributed by atoms with E-state index >= 15 is 0 Å². The summed E-state index contributed by atoms with van der Waals surface area (Å²) >= 11 is 0. The molecule has 114 valence electrons. The van der Waals surface area contributed by atoms with Gasteiger partial charge in [0, 0.05) is 6.04 Å². The van der Waals surface area contributed by atoms with E-state index < -0.39 is 21.4 Å². The van der Waals surface area contributed by atoms with Crippen molar-refractivity contribution >= 4 is 10.0 Å². The maximum Gasteiger partial charge on any atom is 0.242 e. The first-order valence-electron chi connectivity index (χ1n) is 7.16. The third-order valence-corrected chi connectivity index (χ3v) is 5.68. The number of nitrogens with zero attached hydrogens (tertiary/aromatic N) is 1. The summed E-state index contributed by atoms with van der Waals surface area (Å²) in [5.74, 6) is -0.515. The number of halogens is 1. The first-order chi connectivity index (χ1) is 9.95. The monoisotopic (exact) mass is 310 g/mol. The zero-order valence-corrected chi connectivity index (χ0v) is 12.8. The Balaban J connectivity index is 2.23. The third kappa shape index (κ3) is 3.60. The smallest absolute Gasteiger partial charge is 0.208 e. The molecule has 1 N–H and O–H groups in total. The van der Waals surface area contributed by atoms with Crippen LogP contribution in [0.25, 0.3) is 0 Å². The topological polar surface area (TPSA) is 70.0 Å². The van der Waals surface area contributed by atoms with E-state index in [0.717, 1.165) is 31.7 Å². The average molecular weight is 310 g/mol. The van der Waals surface area contributed by atoms with Gasteiger partial charge in [-0.3, -0.25) is 0 Å². The fourth-order valence-corrected chi connectivity index (χ4v) is 4.35. The first kappa shape index (κ1) is 15.9. The van der Waals surface area contributed by atoms with E-state index in [4.69, 9.17) is 5.26 Å². The fraction of sp³-hybridized carbons (Fsp3) is 0.533. The molecular weight excluding hydrogens is 291 g/mol. The maximum absolute atomic E-state index is 13.6. The Bertz CT molecular complexity index is 646. The molecule has 1 fully saturated rings. The lowest BCUT2D eigenvalue weighted by Crippen LogP contribution is -2.39. The van der Waals surface area contributed by atoms with Gasteiger partial charge in [0.05, 0.1) is 0 Å². The number of benzene rings is 1. The van der Waals surface area contributed by atoms with E-state index in [1.54, 1.807) is 6.07 Å². The van der Waals surface area contributed by atoms with Crippen LogP contribution < -0.4 is 4.72 Å². The molecule has 0 bridgehead atoms. The number of hydrogen-bond donors (Lipinski definition) is 1. The molecule has 21 heavy (non-hydrogen) atoms. The lowest BCUT2D eigenvalue weighted by atomic mass is 9.85. The van der Waals surface area contributed by atoms with Crippen molar-refractivity contribution in [2.24, 2.45) is 5.92 Å². The molecule has 6 heteroatoms. The van der Waals surface area contributed by atoms with Gasteiger partial charge < -0.3 is 0 Å². The summed E-state index contributed by atoms with van der Waals surface area (Å²) in [7, 11) is -3.89. The first-order valence-corrected chi connectivity index (χ1v) is 8.65. The Morgan fingerprint density at radius 1 is 1.33 bits per heavy atom. The van der Waals surface area contributed by atoms with Crippen LogP contribution in [-0.2, 0) is 10.0 Å². The molecule has 2 rings (SSSR count). The molecule has 1 atom stereocenters. The van der Waals surface area contributed by atoms with Gasteiger partial charge in [0.25, 0.3) is 0 Å². The van der Waals surface area contributed by atoms with Crippen LogP contribution in [0.1, 0.15) is 44.6 Å². The lowest BCUT2D eigenvalue weighted by molar-refractivity contribution is 0.303. The Hall–Kier alpha value is -1.45. The molecule has 0 saturated heterocycles. The molecule has 0 aromatic heterocycles. The summed E-state index contributed by atoms with van der Waals surface area (Å²) in [5.41, 5.74) is -0.430. The summed E-state index contributed by atoms with van der Waals surface area (Å²) in [4.78, 5) is -0.285. The summed E-state index contributed by atoms with van der Waals surface area (Å²) < 4.78 is 40.9. The number of sulfonamides is 1. The predicted molar refractivity (Wildman–Crippen MR) is 77.5 cm³/mol. The van der Waals surface area contributed by atoms with Gasteiger partial charge in [-0.2, -0.15) is 5.26 Å². The van der Waals surface area contributed by atoms with Gasteiger partial charge in [0.2, 0.25) is 10.0 Å². The minimum Gasteiger partial charge on any atom is -0.208 e. The van der Waals surface area contributed by atoms with Gasteiger partial charge in [-0.1, -0.05) is 25.3 Å². The second-order valence-electron chi connectivity index (χ2n) is 5.53. The van der Waals surface area contributed by atoms with Crippen LogP contribution in [0.2, 0.25) is 0 Å². The van der Waals surface area contributed by atoms with Gasteiger partial charge in [0.1, 0.15) is 22.3 Å². The molecule has 4 nitrogen and oxygen atoms in total. The Kier molecular flexibility index (Phi) is 4.96. The minimum absolute atomic E-state index is 0.217. The van der Waals surface area contributed by atoms with Crippen molar-refractivity contribution in [3.8, 4) is 6.07 Å². The largest absolute Gasteiger partial charge is 0.242 e. The highest BCUT2D eigenvalue weighted by molar-refractivity contribution is 7.89. The highest BCUT2D eigenvalue weighted by Crippen LogP contribution is 2.27. The van der Waals surface area contributed by atoms with Crippen LogP contribution >= 0.6 is 0 Å². The van der Waals surface area contributed by atoms with Crippen LogP contribution in [0.15, 0.2) is 23.1 Å². The van der Waals surface area contributed by atoms with Gasteiger partial charge in [-0.05, 0) is 37.8 Å². The van der Waals surface area contributed by atoms with Crippen LogP contribution in [0.4, 0.5) is 4.39 Å². The van der Waals surface area contributed by atoms with E-state index in [1.807, 2.05) is 6.92 Å². The Morgan fingerprint density at radius 3 is 2.62 bits per heavy atom. The highest BCUT2D eigenvalue weighted by Gasteiger charge is 2.27. The Labute approximate surface area is 125 Å². The molecule has 0 amide bonds. The van der Waals surface area contributed by atoms with E-state index in [9.17, 15) is 12.8 Å². The average Bonchev–Trinajstić information content (AvgIpc) is 2.47. The second kappa shape index (κ2) is 6.54. The lowest BCUT2D eigenvalue weighted by Gasteiger charge is -2.28. The SMILES string of the molecule is CC(NS(=O)(=O)c1cccc(F)c1C#N)C1CCCCC1. The maximum atomic E-state index is 13.6. The van der Waals surface area contributed by atoms with E-state index in [0.29, 0.717) is 5.92 Å². The number of rotatable bonds is 4. The Morgan fingerprint density at radius 2 is 2.00 bits per heavy atom. The standard InChI is InChI=1S/C15H19FN2O2S/c1-11(12-6-3-2-4-7-12)18-21(19,20)15-9-5-8-14(16)13(15)10-17/h5,8-9,11-12,18H,2-4,6-7H2,1H3. The normalized spacial score (nSPS) is 18.1. The molecule has 0 heterocycles. The molecule has 0 radical (unpaired) electrons. The second-order valence-corrected chi connectivity index (χ2v) is 7.22. The van der Waals surface area contributed by atoms with Crippen LogP contribution in [0, 0.1) is 23.1 Å². The fourth-order valence-electron chi connectivity index (χ4n) is 2.88. The van der Waals surface area contributed by atoms with E-state index in [-0.39, 0.29) is 10.9 Å². The summed E-state index contributed by atoms with van der Waals surface area (Å²) in [6.45, 7) is 1.83. The van der Waals surface area contributed by atoms with Crippen molar-refractivity contribution in [3.63, 3.8) is 0 Å². The van der Waals surface area contributed by atoms with Crippen molar-refractivity contribution in [2.75, 3.05) is 0 Å². The summed E-state index contributed by atoms with van der Waals surface area (Å²) in [6.07, 6.45) is 5.41. The third-order valence-electron chi connectivity index (χ3n) is 4.07. The molecule has 0 aliphatic heterocycles. The quantitative estimate of drug-likeness (QED) is 0.929.